The van der Waals surface area contributed by atoms with E-state index in [4.69, 9.17) is 22.0 Å². The lowest BCUT2D eigenvalue weighted by atomic mass is 10.0. The fourth-order valence-electron chi connectivity index (χ4n) is 6.91. The van der Waals surface area contributed by atoms with Crippen molar-refractivity contribution in [1.82, 2.24) is 39.2 Å². The summed E-state index contributed by atoms with van der Waals surface area (Å²) < 4.78 is 75.5. The first-order valence-corrected chi connectivity index (χ1v) is 20.4. The molecule has 4 N–H and O–H groups in total. The summed E-state index contributed by atoms with van der Waals surface area (Å²) in [5, 5.41) is 23.7. The minimum Gasteiger partial charge on any atom is -0.593 e. The van der Waals surface area contributed by atoms with Gasteiger partial charge < -0.3 is 15.2 Å². The molecule has 6 aromatic rings. The van der Waals surface area contributed by atoms with Crippen molar-refractivity contribution in [3.8, 4) is 16.9 Å². The molecule has 1 aliphatic carbocycles. The van der Waals surface area contributed by atoms with Crippen LogP contribution in [0.1, 0.15) is 67.3 Å². The molecule has 0 bridgehead atoms. The van der Waals surface area contributed by atoms with Crippen molar-refractivity contribution in [3.05, 3.63) is 123 Å². The predicted octanol–water partition coefficient (Wildman–Crippen LogP) is 6.82. The Balaban J connectivity index is 1.44. The number of amidine groups is 1. The minimum absolute atomic E-state index is 0.0648. The fourth-order valence-corrected chi connectivity index (χ4v) is 7.55. The monoisotopic (exact) mass is 850 g/mol. The second-order valence-electron chi connectivity index (χ2n) is 14.5. The van der Waals surface area contributed by atoms with Crippen molar-refractivity contribution in [2.24, 2.45) is 0 Å². The number of hydrogen-bond acceptors (Lipinski definition) is 8. The van der Waals surface area contributed by atoms with Crippen molar-refractivity contribution >= 4 is 51.3 Å². The Morgan fingerprint density at radius 1 is 1.07 bits per heavy atom. The Morgan fingerprint density at radius 2 is 1.80 bits per heavy atom. The highest BCUT2D eigenvalue weighted by atomic mass is 35.5. The fraction of sp³-hybridized carbons (Fsp3) is 0.300. The van der Waals surface area contributed by atoms with Crippen LogP contribution < -0.4 is 20.9 Å². The Kier molecular flexibility index (Phi) is 11.6. The number of nitrogens with one attached hydrogen (secondary N) is 4. The van der Waals surface area contributed by atoms with Gasteiger partial charge in [-0.2, -0.15) is 14.9 Å². The van der Waals surface area contributed by atoms with Crippen LogP contribution >= 0.6 is 11.6 Å². The summed E-state index contributed by atoms with van der Waals surface area (Å²) >= 11 is 4.94. The molecule has 0 spiro atoms. The largest absolute Gasteiger partial charge is 0.593 e. The summed E-state index contributed by atoms with van der Waals surface area (Å²) in [4.78, 5) is 34.1. The number of aromatic nitrogens is 6. The molecule has 3 atom stereocenters. The number of fused-ring (bicyclic) bond motifs is 1. The van der Waals surface area contributed by atoms with Gasteiger partial charge in [0.25, 0.3) is 11.5 Å². The van der Waals surface area contributed by atoms with Crippen LogP contribution in [0.25, 0.3) is 27.8 Å². The van der Waals surface area contributed by atoms with Gasteiger partial charge in [-0.15, -0.1) is 0 Å². The smallest absolute Gasteiger partial charge is 0.266 e. The molecule has 59 heavy (non-hydrogen) atoms. The zero-order valence-electron chi connectivity index (χ0n) is 32.2. The van der Waals surface area contributed by atoms with Crippen LogP contribution in [0, 0.1) is 17.0 Å². The van der Waals surface area contributed by atoms with Crippen LogP contribution in [0.4, 0.5) is 23.2 Å². The van der Waals surface area contributed by atoms with Crippen LogP contribution in [0.5, 0.6) is 0 Å². The molecule has 3 aromatic carbocycles. The highest BCUT2D eigenvalue weighted by Gasteiger charge is 2.31. The molecule has 19 heteroatoms. The molecule has 0 radical (unpaired) electrons. The molecule has 3 unspecified atom stereocenters. The van der Waals surface area contributed by atoms with Crippen molar-refractivity contribution in [2.75, 3.05) is 18.6 Å². The van der Waals surface area contributed by atoms with Gasteiger partial charge in [0.2, 0.25) is 5.91 Å². The van der Waals surface area contributed by atoms with E-state index in [0.717, 1.165) is 42.3 Å². The zero-order valence-corrected chi connectivity index (χ0v) is 33.8. The molecule has 7 rings (SSSR count). The highest BCUT2D eigenvalue weighted by molar-refractivity contribution is 7.89. The van der Waals surface area contributed by atoms with E-state index in [0.29, 0.717) is 23.2 Å². The highest BCUT2D eigenvalue weighted by Crippen LogP contribution is 2.39. The molecular weight excluding hydrogens is 812 g/mol. The lowest BCUT2D eigenvalue weighted by Gasteiger charge is -2.26. The van der Waals surface area contributed by atoms with Gasteiger partial charge in [-0.1, -0.05) is 17.7 Å². The first-order chi connectivity index (χ1) is 28.0. The van der Waals surface area contributed by atoms with E-state index < -0.39 is 59.0 Å². The van der Waals surface area contributed by atoms with Gasteiger partial charge in [-0.05, 0) is 73.9 Å². The quantitative estimate of drug-likeness (QED) is 0.0401. The van der Waals surface area contributed by atoms with Gasteiger partial charge in [0.05, 0.1) is 61.7 Å². The molecule has 0 aliphatic heterocycles. The summed E-state index contributed by atoms with van der Waals surface area (Å²) in [6.45, 7) is 1.76. The third-order valence-electron chi connectivity index (χ3n) is 9.78. The SMILES string of the molecule is CNc1c(-n2c(C(Cc3cc(F)cc(F)c3)NC(=O)C(C)n3ccc(C4CC4)n3)nc3cc(-c4ccn(CC(C)(F)F)n4)ccc3c2=O)ccc(Cl)c1C(=N)N[S+](C)[O-]. The molecule has 1 amide bonds. The van der Waals surface area contributed by atoms with Gasteiger partial charge in [0, 0.05) is 50.3 Å². The summed E-state index contributed by atoms with van der Waals surface area (Å²) in [5.41, 5.74) is 1.57. The molecule has 3 heterocycles. The normalized spacial score (nSPS) is 14.5. The minimum atomic E-state index is -3.03. The van der Waals surface area contributed by atoms with Gasteiger partial charge in [0.15, 0.2) is 5.84 Å². The Hall–Kier alpha value is -5.72. The van der Waals surface area contributed by atoms with Crippen LogP contribution in [0.2, 0.25) is 5.02 Å². The van der Waals surface area contributed by atoms with Crippen LogP contribution in [-0.4, -0.2) is 64.6 Å². The molecule has 3 aromatic heterocycles. The van der Waals surface area contributed by atoms with E-state index in [2.05, 4.69) is 25.6 Å². The number of anilines is 1. The maximum Gasteiger partial charge on any atom is 0.266 e. The third kappa shape index (κ3) is 9.14. The standard InChI is InChI=1S/C40H39ClF4N10O3S/c1-21(54-14-12-29(51-54)23-5-6-23)38(56)49-32(17-22-15-25(42)19-26(43)16-22)37-48-31-18-24(30-11-13-53(50-30)20-40(2,44)45)7-8-27(31)39(57)55(37)33-10-9-28(41)34(35(33)47-3)36(46)52-59(4)58/h7-16,18-19,21,23,32,47H,5-6,17,20H2,1-4H3,(H2,46,52)(H,49,56). The topological polar surface area (TPSA) is 171 Å². The maximum atomic E-state index is 14.9. The van der Waals surface area contributed by atoms with E-state index in [1.54, 1.807) is 31.3 Å². The van der Waals surface area contributed by atoms with Crippen LogP contribution in [-0.2, 0) is 29.1 Å². The summed E-state index contributed by atoms with van der Waals surface area (Å²) in [6, 6.07) is 11.8. The van der Waals surface area contributed by atoms with Crippen LogP contribution in [0.3, 0.4) is 0 Å². The Labute approximate surface area is 343 Å². The van der Waals surface area contributed by atoms with Gasteiger partial charge in [-0.25, -0.2) is 22.5 Å². The first-order valence-electron chi connectivity index (χ1n) is 18.5. The number of hydrogen-bond donors (Lipinski definition) is 4. The first kappa shape index (κ1) is 41.4. The van der Waals surface area contributed by atoms with Crippen molar-refractivity contribution in [1.29, 1.82) is 5.41 Å². The number of benzene rings is 3. The van der Waals surface area contributed by atoms with E-state index in [1.807, 2.05) is 6.07 Å². The van der Waals surface area contributed by atoms with E-state index in [1.165, 1.54) is 46.9 Å². The average Bonchev–Trinajstić information content (AvgIpc) is 3.71. The number of carbonyl (C=O) groups is 1. The molecule has 1 fully saturated rings. The zero-order chi connectivity index (χ0) is 42.3. The van der Waals surface area contributed by atoms with Crippen molar-refractivity contribution in [2.45, 2.75) is 63.6 Å². The molecular formula is C40H39ClF4N10O3S. The predicted molar refractivity (Wildman–Crippen MR) is 218 cm³/mol. The number of nitrogens with zero attached hydrogens (tertiary/aromatic N) is 6. The number of halogens is 5. The van der Waals surface area contributed by atoms with Gasteiger partial charge >= 0.3 is 0 Å². The number of rotatable bonds is 14. The summed E-state index contributed by atoms with van der Waals surface area (Å²) in [7, 11) is 1.53. The average molecular weight is 851 g/mol. The van der Waals surface area contributed by atoms with Gasteiger partial charge in [0.1, 0.15) is 36.3 Å². The molecule has 13 nitrogen and oxygen atoms in total. The van der Waals surface area contributed by atoms with E-state index >= 15 is 0 Å². The number of alkyl halides is 2. The second kappa shape index (κ2) is 16.5. The summed E-state index contributed by atoms with van der Waals surface area (Å²) in [6.07, 6.45) is 6.18. The number of carbonyl (C=O) groups excluding carboxylic acids is 1. The van der Waals surface area contributed by atoms with Crippen molar-refractivity contribution < 1.29 is 26.9 Å². The lowest BCUT2D eigenvalue weighted by Crippen LogP contribution is -2.39. The molecule has 308 valence electrons. The number of amides is 1. The molecule has 1 aliphatic rings. The maximum absolute atomic E-state index is 14.9. The van der Waals surface area contributed by atoms with Gasteiger partial charge in [-0.3, -0.25) is 28.9 Å². The molecule has 1 saturated carbocycles. The van der Waals surface area contributed by atoms with E-state index in [-0.39, 0.29) is 56.5 Å². The van der Waals surface area contributed by atoms with Crippen LogP contribution in [0.15, 0.2) is 77.9 Å². The third-order valence-corrected chi connectivity index (χ3v) is 10.6. The van der Waals surface area contributed by atoms with E-state index in [9.17, 15) is 31.7 Å². The Bertz CT molecular complexity index is 2620. The second-order valence-corrected chi connectivity index (χ2v) is 16.0. The Morgan fingerprint density at radius 3 is 2.46 bits per heavy atom. The molecule has 0 saturated heterocycles. The summed E-state index contributed by atoms with van der Waals surface area (Å²) in [5.74, 6) is -5.39. The van der Waals surface area contributed by atoms with Crippen molar-refractivity contribution in [3.63, 3.8) is 0 Å². The lowest BCUT2D eigenvalue weighted by molar-refractivity contribution is -0.125.